The highest BCUT2D eigenvalue weighted by molar-refractivity contribution is 5.98. The third-order valence-corrected chi connectivity index (χ3v) is 7.00. The summed E-state index contributed by atoms with van der Waals surface area (Å²) in [6.45, 7) is 4.82. The van der Waals surface area contributed by atoms with E-state index in [0.717, 1.165) is 47.3 Å². The van der Waals surface area contributed by atoms with E-state index < -0.39 is 0 Å². The molecule has 0 saturated carbocycles. The van der Waals surface area contributed by atoms with Crippen LogP contribution >= 0.6 is 0 Å². The third-order valence-electron chi connectivity index (χ3n) is 7.00. The first-order valence-electron chi connectivity index (χ1n) is 12.3. The zero-order valence-corrected chi connectivity index (χ0v) is 20.3. The third kappa shape index (κ3) is 4.72. The van der Waals surface area contributed by atoms with Crippen molar-refractivity contribution in [2.45, 2.75) is 51.5 Å². The van der Waals surface area contributed by atoms with E-state index in [9.17, 15) is 9.90 Å². The number of hydrogen-bond donors (Lipinski definition) is 1. The molecule has 0 bridgehead atoms. The second kappa shape index (κ2) is 9.79. The SMILES string of the molecule is CC(C)c1ccc(N(Cc2ccc(-n3ccnc3)cc2)C(=O)C2CCCc3c(O)cccc32)cc1. The van der Waals surface area contributed by atoms with Crippen molar-refractivity contribution in [2.75, 3.05) is 4.90 Å². The molecule has 1 heterocycles. The molecule has 1 amide bonds. The number of nitrogens with zero attached hydrogens (tertiary/aromatic N) is 3. The van der Waals surface area contributed by atoms with Gasteiger partial charge in [-0.05, 0) is 77.8 Å². The van der Waals surface area contributed by atoms with Gasteiger partial charge in [-0.3, -0.25) is 4.79 Å². The lowest BCUT2D eigenvalue weighted by Gasteiger charge is -2.31. The predicted molar refractivity (Wildman–Crippen MR) is 139 cm³/mol. The lowest BCUT2D eigenvalue weighted by Crippen LogP contribution is -2.36. The first-order valence-corrected chi connectivity index (χ1v) is 12.3. The molecule has 0 radical (unpaired) electrons. The number of amides is 1. The maximum absolute atomic E-state index is 14.1. The van der Waals surface area contributed by atoms with Crippen molar-refractivity contribution in [1.29, 1.82) is 0 Å². The average molecular weight is 466 g/mol. The predicted octanol–water partition coefficient (Wildman–Crippen LogP) is 6.35. The summed E-state index contributed by atoms with van der Waals surface area (Å²) < 4.78 is 1.96. The summed E-state index contributed by atoms with van der Waals surface area (Å²) >= 11 is 0. The van der Waals surface area contributed by atoms with Crippen LogP contribution in [-0.4, -0.2) is 20.6 Å². The minimum atomic E-state index is -0.263. The Labute approximate surface area is 206 Å². The van der Waals surface area contributed by atoms with Crippen molar-refractivity contribution < 1.29 is 9.90 Å². The molecule has 1 aliphatic carbocycles. The van der Waals surface area contributed by atoms with Gasteiger partial charge in [-0.25, -0.2) is 4.98 Å². The fraction of sp³-hybridized carbons (Fsp3) is 0.267. The number of anilines is 1. The number of phenols is 1. The molecule has 4 aromatic rings. The van der Waals surface area contributed by atoms with Gasteiger partial charge in [0.25, 0.3) is 0 Å². The zero-order chi connectivity index (χ0) is 24.4. The molecule has 0 saturated heterocycles. The molecule has 5 nitrogen and oxygen atoms in total. The van der Waals surface area contributed by atoms with Crippen LogP contribution in [0.25, 0.3) is 5.69 Å². The smallest absolute Gasteiger partial charge is 0.234 e. The van der Waals surface area contributed by atoms with E-state index in [0.29, 0.717) is 18.2 Å². The van der Waals surface area contributed by atoms with Crippen LogP contribution in [-0.2, 0) is 17.8 Å². The van der Waals surface area contributed by atoms with Gasteiger partial charge in [-0.1, -0.05) is 50.2 Å². The molecule has 1 aliphatic rings. The van der Waals surface area contributed by atoms with Gasteiger partial charge in [0.1, 0.15) is 5.75 Å². The van der Waals surface area contributed by atoms with Gasteiger partial charge in [0.15, 0.2) is 0 Å². The maximum Gasteiger partial charge on any atom is 0.234 e. The van der Waals surface area contributed by atoms with Crippen molar-refractivity contribution in [1.82, 2.24) is 9.55 Å². The Morgan fingerprint density at radius 3 is 2.54 bits per heavy atom. The number of aromatic hydroxyl groups is 1. The molecule has 3 aromatic carbocycles. The number of benzene rings is 3. The number of imidazole rings is 1. The van der Waals surface area contributed by atoms with Gasteiger partial charge in [0.05, 0.1) is 18.8 Å². The van der Waals surface area contributed by atoms with E-state index in [1.165, 1.54) is 5.56 Å². The van der Waals surface area contributed by atoms with Gasteiger partial charge in [0.2, 0.25) is 5.91 Å². The number of fused-ring (bicyclic) bond motifs is 1. The van der Waals surface area contributed by atoms with Crippen molar-refractivity contribution in [3.63, 3.8) is 0 Å². The summed E-state index contributed by atoms with van der Waals surface area (Å²) in [5.41, 5.74) is 6.10. The molecule has 0 fully saturated rings. The molecule has 0 aliphatic heterocycles. The molecule has 178 valence electrons. The van der Waals surface area contributed by atoms with Crippen LogP contribution in [0.1, 0.15) is 60.8 Å². The quantitative estimate of drug-likeness (QED) is 0.361. The first-order chi connectivity index (χ1) is 17.0. The van der Waals surface area contributed by atoms with Crippen LogP contribution in [0.3, 0.4) is 0 Å². The fourth-order valence-corrected chi connectivity index (χ4v) is 4.98. The molecule has 0 spiro atoms. The van der Waals surface area contributed by atoms with E-state index in [-0.39, 0.29) is 11.8 Å². The summed E-state index contributed by atoms with van der Waals surface area (Å²) in [7, 11) is 0. The van der Waals surface area contributed by atoms with Crippen LogP contribution in [0.5, 0.6) is 5.75 Å². The van der Waals surface area contributed by atoms with Gasteiger partial charge in [-0.15, -0.1) is 0 Å². The summed E-state index contributed by atoms with van der Waals surface area (Å²) in [5, 5.41) is 10.4. The van der Waals surface area contributed by atoms with Crippen molar-refractivity contribution >= 4 is 11.6 Å². The Bertz CT molecular complexity index is 1290. The first kappa shape index (κ1) is 22.9. The van der Waals surface area contributed by atoms with E-state index in [1.807, 2.05) is 27.8 Å². The second-order valence-electron chi connectivity index (χ2n) is 9.60. The lowest BCUT2D eigenvalue weighted by molar-refractivity contribution is -0.120. The van der Waals surface area contributed by atoms with E-state index in [2.05, 4.69) is 67.4 Å². The van der Waals surface area contributed by atoms with E-state index in [1.54, 1.807) is 18.6 Å². The maximum atomic E-state index is 14.1. The Balaban J connectivity index is 1.48. The lowest BCUT2D eigenvalue weighted by atomic mass is 9.81. The molecular formula is C30H31N3O2. The molecular weight excluding hydrogens is 434 g/mol. The second-order valence-corrected chi connectivity index (χ2v) is 9.60. The van der Waals surface area contributed by atoms with Gasteiger partial charge >= 0.3 is 0 Å². The molecule has 1 aromatic heterocycles. The molecule has 1 atom stereocenters. The Morgan fingerprint density at radius 1 is 1.09 bits per heavy atom. The minimum absolute atomic E-state index is 0.0764. The molecule has 35 heavy (non-hydrogen) atoms. The number of rotatable bonds is 6. The Kier molecular flexibility index (Phi) is 6.41. The monoisotopic (exact) mass is 465 g/mol. The van der Waals surface area contributed by atoms with E-state index >= 15 is 0 Å². The number of phenolic OH excluding ortho intramolecular Hbond substituents is 1. The highest BCUT2D eigenvalue weighted by Crippen LogP contribution is 2.38. The van der Waals surface area contributed by atoms with E-state index in [4.69, 9.17) is 0 Å². The average Bonchev–Trinajstić information content (AvgIpc) is 3.42. The highest BCUT2D eigenvalue weighted by atomic mass is 16.3. The van der Waals surface area contributed by atoms with Gasteiger partial charge < -0.3 is 14.6 Å². The number of carbonyl (C=O) groups is 1. The van der Waals surface area contributed by atoms with Crippen LogP contribution in [0.15, 0.2) is 85.5 Å². The minimum Gasteiger partial charge on any atom is -0.508 e. The van der Waals surface area contributed by atoms with Crippen LogP contribution in [0, 0.1) is 0 Å². The van der Waals surface area contributed by atoms with Gasteiger partial charge in [-0.2, -0.15) is 0 Å². The molecule has 1 N–H and O–H groups in total. The standard InChI is InChI=1S/C30H31N3O2/c1-21(2)23-11-15-25(16-12-23)33(19-22-9-13-24(14-10-22)32-18-17-31-20-32)30(35)28-7-3-6-27-26(28)5-4-8-29(27)34/h4-5,8-18,20-21,28,34H,3,6-7,19H2,1-2H3. The fourth-order valence-electron chi connectivity index (χ4n) is 4.98. The van der Waals surface area contributed by atoms with Crippen molar-refractivity contribution in [2.24, 2.45) is 0 Å². The van der Waals surface area contributed by atoms with Crippen LogP contribution < -0.4 is 4.90 Å². The summed E-state index contributed by atoms with van der Waals surface area (Å²) in [6.07, 6.45) is 7.93. The van der Waals surface area contributed by atoms with Crippen molar-refractivity contribution in [3.05, 3.63) is 108 Å². The number of carbonyl (C=O) groups excluding carboxylic acids is 1. The zero-order valence-electron chi connectivity index (χ0n) is 20.3. The Morgan fingerprint density at radius 2 is 1.86 bits per heavy atom. The molecule has 1 unspecified atom stereocenters. The van der Waals surface area contributed by atoms with Gasteiger partial charge in [0, 0.05) is 23.8 Å². The van der Waals surface area contributed by atoms with Crippen molar-refractivity contribution in [3.8, 4) is 11.4 Å². The summed E-state index contributed by atoms with van der Waals surface area (Å²) in [5.74, 6) is 0.536. The topological polar surface area (TPSA) is 58.4 Å². The number of hydrogen-bond acceptors (Lipinski definition) is 3. The number of aromatic nitrogens is 2. The highest BCUT2D eigenvalue weighted by Gasteiger charge is 2.32. The van der Waals surface area contributed by atoms with Crippen LogP contribution in [0.2, 0.25) is 0 Å². The molecule has 5 heteroatoms. The summed E-state index contributed by atoms with van der Waals surface area (Å²) in [4.78, 5) is 20.1. The molecule has 5 rings (SSSR count). The normalized spacial score (nSPS) is 15.1. The Hall–Kier alpha value is -3.86. The summed E-state index contributed by atoms with van der Waals surface area (Å²) in [6, 6.07) is 22.1. The van der Waals surface area contributed by atoms with Crippen LogP contribution in [0.4, 0.5) is 5.69 Å². The largest absolute Gasteiger partial charge is 0.508 e.